The number of benzene rings is 1. The van der Waals surface area contributed by atoms with E-state index in [4.69, 9.17) is 28.2 Å². The van der Waals surface area contributed by atoms with E-state index in [1.165, 1.54) is 0 Å². The molecule has 5 N–H and O–H groups in total. The van der Waals surface area contributed by atoms with Crippen LogP contribution in [-0.2, 0) is 57.5 Å². The molecule has 19 heteroatoms. The molecule has 0 radical (unpaired) electrons. The summed E-state index contributed by atoms with van der Waals surface area (Å²) in [5, 5.41) is 5.60. The van der Waals surface area contributed by atoms with Crippen molar-refractivity contribution in [3.05, 3.63) is 63.4 Å². The van der Waals surface area contributed by atoms with Crippen LogP contribution in [0.3, 0.4) is 0 Å². The molecule has 2 aliphatic rings. The number of hydrogen-bond acceptors (Lipinski definition) is 11. The molecule has 1 atom stereocenters. The van der Waals surface area contributed by atoms with Crippen molar-refractivity contribution in [1.29, 1.82) is 0 Å². The van der Waals surface area contributed by atoms with Crippen molar-refractivity contribution in [2.45, 2.75) is 37.6 Å². The van der Waals surface area contributed by atoms with Crippen molar-refractivity contribution < 1.29 is 59.8 Å². The highest BCUT2D eigenvalue weighted by Crippen LogP contribution is 2.40. The highest BCUT2D eigenvalue weighted by Gasteiger charge is 2.50. The van der Waals surface area contributed by atoms with Gasteiger partial charge in [0.25, 0.3) is 5.56 Å². The Morgan fingerprint density at radius 1 is 1.13 bits per heavy atom. The first-order valence-electron chi connectivity index (χ1n) is 13.4. The monoisotopic (exact) mass is 669 g/mol. The number of cyclic esters (lactones) is 1. The number of esters is 2. The van der Waals surface area contributed by atoms with Crippen molar-refractivity contribution in [2.24, 2.45) is 5.73 Å². The average Bonchev–Trinajstić information content (AvgIpc) is 3.36. The van der Waals surface area contributed by atoms with Crippen LogP contribution in [0.4, 0.5) is 13.2 Å². The van der Waals surface area contributed by atoms with Crippen molar-refractivity contribution in [3.8, 4) is 11.4 Å². The number of carbonyl (C=O) groups excluding carboxylic acids is 4. The Morgan fingerprint density at radius 3 is 2.41 bits per heavy atom. The lowest BCUT2D eigenvalue weighted by Gasteiger charge is -2.35. The maximum absolute atomic E-state index is 13.5. The number of aromatic nitrogens is 2. The number of amides is 2. The summed E-state index contributed by atoms with van der Waals surface area (Å²) in [5.74, 6) is -2.88. The minimum atomic E-state index is -6.09. The molecule has 4 heterocycles. The zero-order valence-corrected chi connectivity index (χ0v) is 24.7. The van der Waals surface area contributed by atoms with Gasteiger partial charge < -0.3 is 30.4 Å². The predicted molar refractivity (Wildman–Crippen MR) is 148 cm³/mol. The molecular formula is C27H26F3N5O10S. The average molecular weight is 670 g/mol. The number of nitrogens with two attached hydrogens (primary N) is 1. The molecule has 246 valence electrons. The Hall–Kier alpha value is -4.88. The Balaban J connectivity index is 0.000000533. The summed E-state index contributed by atoms with van der Waals surface area (Å²) in [6, 6.07) is 11.5. The Morgan fingerprint density at radius 2 is 1.78 bits per heavy atom. The molecule has 46 heavy (non-hydrogen) atoms. The first-order valence-corrected chi connectivity index (χ1v) is 14.8. The molecule has 0 spiro atoms. The first-order chi connectivity index (χ1) is 21.5. The molecule has 3 aromatic rings. The van der Waals surface area contributed by atoms with E-state index in [1.807, 2.05) is 30.3 Å². The lowest BCUT2D eigenvalue weighted by molar-refractivity contribution is -0.331. The van der Waals surface area contributed by atoms with E-state index in [0.29, 0.717) is 12.2 Å². The molecule has 0 saturated heterocycles. The van der Waals surface area contributed by atoms with Gasteiger partial charge in [-0.2, -0.15) is 13.2 Å². The van der Waals surface area contributed by atoms with Gasteiger partial charge in [-0.1, -0.05) is 19.1 Å². The number of alkyl halides is 3. The highest BCUT2D eigenvalue weighted by atomic mass is 32.2. The summed E-state index contributed by atoms with van der Waals surface area (Å²) < 4.78 is 71.5. The van der Waals surface area contributed by atoms with Gasteiger partial charge in [0.1, 0.15) is 18.8 Å². The largest absolute Gasteiger partial charge is 0.741 e. The van der Waals surface area contributed by atoms with Crippen LogP contribution in [0, 0.1) is 0 Å². The second kappa shape index (κ2) is 12.9. The third kappa shape index (κ3) is 6.70. The van der Waals surface area contributed by atoms with Crippen LogP contribution in [0.2, 0.25) is 0 Å². The van der Waals surface area contributed by atoms with Gasteiger partial charge >= 0.3 is 17.4 Å². The Labute approximate surface area is 257 Å². The summed E-state index contributed by atoms with van der Waals surface area (Å²) in [5.41, 5.74) is 0.933. The molecule has 0 saturated carbocycles. The van der Waals surface area contributed by atoms with Gasteiger partial charge in [0.2, 0.25) is 28.6 Å². The van der Waals surface area contributed by atoms with Crippen LogP contribution < -0.4 is 26.9 Å². The number of carbonyl (C=O) groups is 4. The zero-order valence-electron chi connectivity index (χ0n) is 23.9. The molecule has 2 amide bonds. The number of ether oxygens (including phenoxy) is 2. The SMILES string of the molecule is CC[C@@]1(OC(=O)CNC(=O)CNC(=O)CN)C(=O)OCc2c1cc1n(c2=O)Cc2cc3ccccc3[nH+]c2-1.O=S(=O)([O-])C(F)(F)F. The first kappa shape index (κ1) is 34.0. The Kier molecular flexibility index (Phi) is 9.50. The molecule has 1 aromatic carbocycles. The van der Waals surface area contributed by atoms with Crippen LogP contribution in [0.1, 0.15) is 30.0 Å². The fraction of sp³-hybridized carbons (Fsp3) is 0.333. The summed E-state index contributed by atoms with van der Waals surface area (Å²) in [6.45, 7) is 0.527. The number of nitrogens with one attached hydrogen (secondary N) is 3. The summed E-state index contributed by atoms with van der Waals surface area (Å²) in [6.07, 6.45) is 0.00224. The van der Waals surface area contributed by atoms with Gasteiger partial charge in [0.05, 0.1) is 25.2 Å². The number of fused-ring (bicyclic) bond motifs is 5. The van der Waals surface area contributed by atoms with E-state index in [2.05, 4.69) is 15.6 Å². The van der Waals surface area contributed by atoms with Crippen molar-refractivity contribution in [1.82, 2.24) is 15.2 Å². The number of hydrogen-bond donors (Lipinski definition) is 3. The van der Waals surface area contributed by atoms with Gasteiger partial charge in [-0.15, -0.1) is 0 Å². The highest BCUT2D eigenvalue weighted by molar-refractivity contribution is 7.86. The topological polar surface area (TPSA) is 230 Å². The zero-order chi connectivity index (χ0) is 34.0. The molecule has 0 aliphatic carbocycles. The summed E-state index contributed by atoms with van der Waals surface area (Å²) >= 11 is 0. The third-order valence-electron chi connectivity index (χ3n) is 7.10. The van der Waals surface area contributed by atoms with E-state index in [1.54, 1.807) is 17.6 Å². The standard InChI is InChI=1S/C26H25N5O7.CHF3O3S/c1-2-26(38-22(34)11-29-21(33)10-28-20(32)9-27)17-8-19-23-15(7-14-5-3-4-6-18(14)30-23)12-31(19)24(35)16(17)13-37-25(26)36;2-1(3,4)8(5,6)7/h3-8H,2,9-13,27H2,1H3,(H,28,32)(H,29,33);(H,5,6,7)/t26-;/m0./s1. The second-order valence-corrected chi connectivity index (χ2v) is 11.3. The smallest absolute Gasteiger partial charge is 0.485 e. The van der Waals surface area contributed by atoms with Gasteiger partial charge in [-0.05, 0) is 24.6 Å². The number of halogens is 3. The second-order valence-electron chi connectivity index (χ2n) is 9.96. The van der Waals surface area contributed by atoms with E-state index < -0.39 is 51.5 Å². The minimum Gasteiger partial charge on any atom is -0.741 e. The molecule has 15 nitrogen and oxygen atoms in total. The quantitative estimate of drug-likeness (QED) is 0.126. The van der Waals surface area contributed by atoms with Crippen LogP contribution >= 0.6 is 0 Å². The van der Waals surface area contributed by atoms with E-state index in [0.717, 1.165) is 22.2 Å². The number of pyridine rings is 2. The minimum absolute atomic E-state index is 0.00224. The maximum Gasteiger partial charge on any atom is 0.485 e. The molecule has 0 fully saturated rings. The molecule has 0 unspecified atom stereocenters. The van der Waals surface area contributed by atoms with Crippen molar-refractivity contribution in [2.75, 3.05) is 19.6 Å². The van der Waals surface area contributed by atoms with Gasteiger partial charge in [0, 0.05) is 22.6 Å². The normalized spacial score (nSPS) is 16.6. The number of aromatic amines is 1. The summed E-state index contributed by atoms with van der Waals surface area (Å²) in [4.78, 5) is 65.9. The van der Waals surface area contributed by atoms with Crippen molar-refractivity contribution >= 4 is 44.8 Å². The van der Waals surface area contributed by atoms with E-state index in [-0.39, 0.29) is 42.8 Å². The molecular weight excluding hydrogens is 643 g/mol. The molecule has 0 bridgehead atoms. The lowest BCUT2D eigenvalue weighted by Crippen LogP contribution is -2.49. The van der Waals surface area contributed by atoms with Gasteiger partial charge in [0.15, 0.2) is 10.1 Å². The van der Waals surface area contributed by atoms with Crippen LogP contribution in [-0.4, -0.2) is 66.4 Å². The van der Waals surface area contributed by atoms with Crippen LogP contribution in [0.15, 0.2) is 41.2 Å². The summed E-state index contributed by atoms with van der Waals surface area (Å²) in [7, 11) is -6.09. The van der Waals surface area contributed by atoms with E-state index >= 15 is 0 Å². The fourth-order valence-corrected chi connectivity index (χ4v) is 4.87. The van der Waals surface area contributed by atoms with Gasteiger partial charge in [-0.25, -0.2) is 18.2 Å². The van der Waals surface area contributed by atoms with E-state index in [9.17, 15) is 37.1 Å². The Bertz CT molecular complexity index is 1910. The predicted octanol–water partition coefficient (Wildman–Crippen LogP) is -0.708. The number of nitrogens with zero attached hydrogens (tertiary/aromatic N) is 1. The number of para-hydroxylation sites is 1. The fourth-order valence-electron chi connectivity index (χ4n) is 4.87. The van der Waals surface area contributed by atoms with Crippen molar-refractivity contribution in [3.63, 3.8) is 0 Å². The number of rotatable bonds is 7. The molecule has 5 rings (SSSR count). The lowest BCUT2D eigenvalue weighted by atomic mass is 9.85. The molecule has 2 aromatic heterocycles. The third-order valence-corrected chi connectivity index (χ3v) is 7.67. The maximum atomic E-state index is 13.5. The van der Waals surface area contributed by atoms with Gasteiger partial charge in [-0.3, -0.25) is 23.7 Å². The van der Waals surface area contributed by atoms with Crippen LogP contribution in [0.5, 0.6) is 0 Å². The molecule has 2 aliphatic heterocycles. The van der Waals surface area contributed by atoms with Crippen LogP contribution in [0.25, 0.3) is 22.3 Å². The number of H-pyrrole nitrogens is 1.